The van der Waals surface area contributed by atoms with Crippen LogP contribution in [0.5, 0.6) is 0 Å². The Kier molecular flexibility index (Phi) is 2.82. The summed E-state index contributed by atoms with van der Waals surface area (Å²) in [5.41, 5.74) is 1.10. The Labute approximate surface area is 83.3 Å². The van der Waals surface area contributed by atoms with Gasteiger partial charge in [0.25, 0.3) is 0 Å². The van der Waals surface area contributed by atoms with E-state index < -0.39 is 6.17 Å². The van der Waals surface area contributed by atoms with Gasteiger partial charge in [-0.2, -0.15) is 5.10 Å². The number of hydrogen-bond acceptors (Lipinski definition) is 2. The van der Waals surface area contributed by atoms with Gasteiger partial charge >= 0.3 is 0 Å². The third kappa shape index (κ3) is 1.95. The van der Waals surface area contributed by atoms with E-state index in [4.69, 9.17) is 0 Å². The van der Waals surface area contributed by atoms with Crippen molar-refractivity contribution in [2.75, 3.05) is 0 Å². The molecule has 78 valence electrons. The molecule has 1 aromatic rings. The molecule has 1 aliphatic rings. The SMILES string of the molecule is Cn1nccc1CN[C@@H]1CCC[C@@H]1F. The zero-order chi connectivity index (χ0) is 9.97. The molecular weight excluding hydrogens is 181 g/mol. The smallest absolute Gasteiger partial charge is 0.115 e. The van der Waals surface area contributed by atoms with Gasteiger partial charge < -0.3 is 5.32 Å². The van der Waals surface area contributed by atoms with Crippen LogP contribution in [-0.2, 0) is 13.6 Å². The third-order valence-corrected chi connectivity index (χ3v) is 2.90. The summed E-state index contributed by atoms with van der Waals surface area (Å²) in [5, 5.41) is 7.30. The minimum Gasteiger partial charge on any atom is -0.306 e. The van der Waals surface area contributed by atoms with Gasteiger partial charge in [-0.25, -0.2) is 4.39 Å². The first kappa shape index (κ1) is 9.65. The minimum absolute atomic E-state index is 0.0462. The number of rotatable bonds is 3. The summed E-state index contributed by atoms with van der Waals surface area (Å²) >= 11 is 0. The molecule has 1 aliphatic carbocycles. The molecule has 2 rings (SSSR count). The molecule has 0 amide bonds. The molecule has 1 saturated carbocycles. The second-order valence-electron chi connectivity index (χ2n) is 3.88. The Hall–Kier alpha value is -0.900. The molecule has 0 radical (unpaired) electrons. The summed E-state index contributed by atoms with van der Waals surface area (Å²) in [6.45, 7) is 0.710. The van der Waals surface area contributed by atoms with E-state index in [2.05, 4.69) is 10.4 Å². The lowest BCUT2D eigenvalue weighted by atomic mass is 10.2. The summed E-state index contributed by atoms with van der Waals surface area (Å²) in [6, 6.07) is 2.00. The van der Waals surface area contributed by atoms with Crippen molar-refractivity contribution in [3.8, 4) is 0 Å². The lowest BCUT2D eigenvalue weighted by Crippen LogP contribution is -2.33. The fourth-order valence-electron chi connectivity index (χ4n) is 1.96. The number of halogens is 1. The molecule has 0 saturated heterocycles. The van der Waals surface area contributed by atoms with E-state index in [0.717, 1.165) is 18.5 Å². The Balaban J connectivity index is 1.85. The predicted octanol–water partition coefficient (Wildman–Crippen LogP) is 1.40. The zero-order valence-electron chi connectivity index (χ0n) is 8.41. The predicted molar refractivity (Wildman–Crippen MR) is 52.6 cm³/mol. The molecule has 4 heteroatoms. The summed E-state index contributed by atoms with van der Waals surface area (Å²) in [4.78, 5) is 0. The number of nitrogens with zero attached hydrogens (tertiary/aromatic N) is 2. The quantitative estimate of drug-likeness (QED) is 0.793. The van der Waals surface area contributed by atoms with Gasteiger partial charge in [-0.3, -0.25) is 4.68 Å². The first-order valence-corrected chi connectivity index (χ1v) is 5.11. The molecule has 0 unspecified atom stereocenters. The first-order valence-electron chi connectivity index (χ1n) is 5.11. The van der Waals surface area contributed by atoms with Gasteiger partial charge in [0.2, 0.25) is 0 Å². The number of aromatic nitrogens is 2. The van der Waals surface area contributed by atoms with Crippen LogP contribution < -0.4 is 5.32 Å². The molecule has 2 atom stereocenters. The van der Waals surface area contributed by atoms with Gasteiger partial charge in [-0.15, -0.1) is 0 Å². The van der Waals surface area contributed by atoms with Crippen LogP contribution in [0.3, 0.4) is 0 Å². The van der Waals surface area contributed by atoms with Crippen molar-refractivity contribution in [3.05, 3.63) is 18.0 Å². The number of hydrogen-bond donors (Lipinski definition) is 1. The van der Waals surface area contributed by atoms with Gasteiger partial charge in [0, 0.05) is 25.8 Å². The minimum atomic E-state index is -0.664. The van der Waals surface area contributed by atoms with Gasteiger partial charge in [-0.05, 0) is 25.3 Å². The van der Waals surface area contributed by atoms with Crippen LogP contribution in [0.25, 0.3) is 0 Å². The van der Waals surface area contributed by atoms with Crippen LogP contribution in [0.15, 0.2) is 12.3 Å². The van der Waals surface area contributed by atoms with Crippen molar-refractivity contribution < 1.29 is 4.39 Å². The van der Waals surface area contributed by atoms with Crippen LogP contribution in [0.2, 0.25) is 0 Å². The van der Waals surface area contributed by atoms with Crippen molar-refractivity contribution in [2.45, 2.75) is 38.0 Å². The number of alkyl halides is 1. The molecule has 0 bridgehead atoms. The molecule has 1 fully saturated rings. The van der Waals surface area contributed by atoms with Crippen molar-refractivity contribution in [2.24, 2.45) is 7.05 Å². The maximum Gasteiger partial charge on any atom is 0.115 e. The maximum absolute atomic E-state index is 13.2. The fourth-order valence-corrected chi connectivity index (χ4v) is 1.96. The number of nitrogens with one attached hydrogen (secondary N) is 1. The first-order chi connectivity index (χ1) is 6.77. The van der Waals surface area contributed by atoms with Crippen LogP contribution in [-0.4, -0.2) is 22.0 Å². The Morgan fingerprint density at radius 1 is 1.64 bits per heavy atom. The average molecular weight is 197 g/mol. The standard InChI is InChI=1S/C10H16FN3/c1-14-8(5-6-13-14)7-12-10-4-2-3-9(10)11/h5-6,9-10,12H,2-4,7H2,1H3/t9-,10+/m0/s1. The second kappa shape index (κ2) is 4.09. The maximum atomic E-state index is 13.2. The monoisotopic (exact) mass is 197 g/mol. The average Bonchev–Trinajstić information content (AvgIpc) is 2.72. The highest BCUT2D eigenvalue weighted by atomic mass is 19.1. The highest BCUT2D eigenvalue weighted by Crippen LogP contribution is 2.22. The van der Waals surface area contributed by atoms with Gasteiger partial charge in [0.15, 0.2) is 0 Å². The molecule has 1 N–H and O–H groups in total. The Bertz CT molecular complexity index is 297. The molecular formula is C10H16FN3. The number of aryl methyl sites for hydroxylation is 1. The van der Waals surface area contributed by atoms with Crippen LogP contribution in [0, 0.1) is 0 Å². The molecule has 1 aromatic heterocycles. The van der Waals surface area contributed by atoms with E-state index >= 15 is 0 Å². The lowest BCUT2D eigenvalue weighted by molar-refractivity contribution is 0.278. The topological polar surface area (TPSA) is 29.9 Å². The molecule has 1 heterocycles. The summed E-state index contributed by atoms with van der Waals surface area (Å²) in [6.07, 6.45) is 3.77. The highest BCUT2D eigenvalue weighted by molar-refractivity contribution is 5.00. The van der Waals surface area contributed by atoms with E-state index in [9.17, 15) is 4.39 Å². The van der Waals surface area contributed by atoms with Gasteiger partial charge in [0.1, 0.15) is 6.17 Å². The molecule has 0 aliphatic heterocycles. The van der Waals surface area contributed by atoms with Gasteiger partial charge in [0.05, 0.1) is 5.69 Å². The van der Waals surface area contributed by atoms with Crippen LogP contribution >= 0.6 is 0 Å². The van der Waals surface area contributed by atoms with E-state index in [1.54, 1.807) is 6.20 Å². The van der Waals surface area contributed by atoms with Crippen molar-refractivity contribution in [3.63, 3.8) is 0 Å². The van der Waals surface area contributed by atoms with Crippen LogP contribution in [0.1, 0.15) is 25.0 Å². The van der Waals surface area contributed by atoms with Crippen molar-refractivity contribution in [1.82, 2.24) is 15.1 Å². The zero-order valence-corrected chi connectivity index (χ0v) is 8.41. The van der Waals surface area contributed by atoms with Crippen molar-refractivity contribution >= 4 is 0 Å². The summed E-state index contributed by atoms with van der Waals surface area (Å²) < 4.78 is 15.0. The Morgan fingerprint density at radius 3 is 3.07 bits per heavy atom. The lowest BCUT2D eigenvalue weighted by Gasteiger charge is -2.14. The fraction of sp³-hybridized carbons (Fsp3) is 0.700. The third-order valence-electron chi connectivity index (χ3n) is 2.90. The largest absolute Gasteiger partial charge is 0.306 e. The van der Waals surface area contributed by atoms with Gasteiger partial charge in [-0.1, -0.05) is 0 Å². The molecule has 0 spiro atoms. The summed E-state index contributed by atoms with van der Waals surface area (Å²) in [7, 11) is 1.90. The summed E-state index contributed by atoms with van der Waals surface area (Å²) in [5.74, 6) is 0. The van der Waals surface area contributed by atoms with Crippen molar-refractivity contribution in [1.29, 1.82) is 0 Å². The highest BCUT2D eigenvalue weighted by Gasteiger charge is 2.26. The molecule has 3 nitrogen and oxygen atoms in total. The van der Waals surface area contributed by atoms with E-state index in [0.29, 0.717) is 13.0 Å². The van der Waals surface area contributed by atoms with E-state index in [1.807, 2.05) is 17.8 Å². The Morgan fingerprint density at radius 2 is 2.50 bits per heavy atom. The normalized spacial score (nSPS) is 27.0. The molecule has 14 heavy (non-hydrogen) atoms. The van der Waals surface area contributed by atoms with E-state index in [1.165, 1.54) is 0 Å². The van der Waals surface area contributed by atoms with E-state index in [-0.39, 0.29) is 6.04 Å². The van der Waals surface area contributed by atoms with Crippen LogP contribution in [0.4, 0.5) is 4.39 Å². The molecule has 0 aromatic carbocycles. The second-order valence-corrected chi connectivity index (χ2v) is 3.88.